The van der Waals surface area contributed by atoms with Crippen molar-refractivity contribution in [2.24, 2.45) is 5.73 Å². The van der Waals surface area contributed by atoms with E-state index in [-0.39, 0.29) is 17.6 Å². The molecule has 0 saturated carbocycles. The predicted molar refractivity (Wildman–Crippen MR) is 83.7 cm³/mol. The van der Waals surface area contributed by atoms with E-state index in [0.29, 0.717) is 13.2 Å². The molecule has 1 fully saturated rings. The molecule has 2 aliphatic rings. The second-order valence-electron chi connectivity index (χ2n) is 6.49. The Morgan fingerprint density at radius 3 is 2.82 bits per heavy atom. The van der Waals surface area contributed by atoms with Crippen LogP contribution in [0.5, 0.6) is 5.75 Å². The second-order valence-corrected chi connectivity index (χ2v) is 6.49. The summed E-state index contributed by atoms with van der Waals surface area (Å²) in [5.74, 6) is 0.746. The van der Waals surface area contributed by atoms with Gasteiger partial charge in [0.1, 0.15) is 11.4 Å². The van der Waals surface area contributed by atoms with Crippen molar-refractivity contribution in [2.45, 2.75) is 50.8 Å². The summed E-state index contributed by atoms with van der Waals surface area (Å²) in [6, 6.07) is 5.57. The van der Waals surface area contributed by atoms with Crippen molar-refractivity contribution in [2.75, 3.05) is 13.2 Å². The van der Waals surface area contributed by atoms with Gasteiger partial charge in [-0.2, -0.15) is 0 Å². The van der Waals surface area contributed by atoms with Crippen LogP contribution in [-0.2, 0) is 9.53 Å². The SMILES string of the molecule is Cc1ccc2c(c1)[C@@H](NC(=O)[C@H](C)N)CC1(CCOCC1)O2. The Morgan fingerprint density at radius 2 is 2.14 bits per heavy atom. The van der Waals surface area contributed by atoms with Crippen molar-refractivity contribution in [1.29, 1.82) is 0 Å². The quantitative estimate of drug-likeness (QED) is 0.874. The molecule has 1 spiro atoms. The molecule has 0 unspecified atom stereocenters. The third-order valence-electron chi connectivity index (χ3n) is 4.58. The summed E-state index contributed by atoms with van der Waals surface area (Å²) in [6.07, 6.45) is 2.47. The number of ether oxygens (including phenoxy) is 2. The van der Waals surface area contributed by atoms with Crippen molar-refractivity contribution in [3.05, 3.63) is 29.3 Å². The largest absolute Gasteiger partial charge is 0.487 e. The van der Waals surface area contributed by atoms with E-state index in [2.05, 4.69) is 11.4 Å². The summed E-state index contributed by atoms with van der Waals surface area (Å²) < 4.78 is 11.8. The van der Waals surface area contributed by atoms with E-state index in [9.17, 15) is 4.79 Å². The lowest BCUT2D eigenvalue weighted by Gasteiger charge is -2.44. The number of fused-ring (bicyclic) bond motifs is 1. The highest BCUT2D eigenvalue weighted by molar-refractivity contribution is 5.81. The molecule has 1 aromatic rings. The van der Waals surface area contributed by atoms with Crippen LogP contribution in [0.2, 0.25) is 0 Å². The average Bonchev–Trinajstić information content (AvgIpc) is 2.49. The normalized spacial score (nSPS) is 24.2. The summed E-state index contributed by atoms with van der Waals surface area (Å²) in [4.78, 5) is 12.1. The van der Waals surface area contributed by atoms with Crippen LogP contribution in [-0.4, -0.2) is 30.8 Å². The fraction of sp³-hybridized carbons (Fsp3) is 0.588. The molecule has 5 heteroatoms. The monoisotopic (exact) mass is 304 g/mol. The molecule has 0 aliphatic carbocycles. The molecular weight excluding hydrogens is 280 g/mol. The number of nitrogens with one attached hydrogen (secondary N) is 1. The zero-order chi connectivity index (χ0) is 15.7. The van der Waals surface area contributed by atoms with Gasteiger partial charge in [0.05, 0.1) is 25.3 Å². The van der Waals surface area contributed by atoms with Crippen molar-refractivity contribution < 1.29 is 14.3 Å². The van der Waals surface area contributed by atoms with Gasteiger partial charge in [-0.3, -0.25) is 4.79 Å². The number of benzene rings is 1. The van der Waals surface area contributed by atoms with Crippen LogP contribution in [0.25, 0.3) is 0 Å². The van der Waals surface area contributed by atoms with Gasteiger partial charge in [-0.05, 0) is 19.9 Å². The third kappa shape index (κ3) is 2.96. The van der Waals surface area contributed by atoms with Gasteiger partial charge in [0, 0.05) is 24.8 Å². The molecule has 1 amide bonds. The molecule has 1 aromatic carbocycles. The molecule has 22 heavy (non-hydrogen) atoms. The Kier molecular flexibility index (Phi) is 4.10. The lowest BCUT2D eigenvalue weighted by molar-refractivity contribution is -0.124. The van der Waals surface area contributed by atoms with Crippen molar-refractivity contribution in [1.82, 2.24) is 5.32 Å². The lowest BCUT2D eigenvalue weighted by Crippen LogP contribution is -2.50. The number of nitrogens with two attached hydrogens (primary N) is 1. The zero-order valence-electron chi connectivity index (χ0n) is 13.2. The average molecular weight is 304 g/mol. The molecule has 0 radical (unpaired) electrons. The van der Waals surface area contributed by atoms with Crippen LogP contribution in [0.3, 0.4) is 0 Å². The van der Waals surface area contributed by atoms with Gasteiger partial charge in [-0.15, -0.1) is 0 Å². The van der Waals surface area contributed by atoms with E-state index in [1.807, 2.05) is 19.1 Å². The number of rotatable bonds is 2. The predicted octanol–water partition coefficient (Wildman–Crippen LogP) is 1.83. The van der Waals surface area contributed by atoms with Crippen molar-refractivity contribution >= 4 is 5.91 Å². The first kappa shape index (κ1) is 15.3. The number of hydrogen-bond acceptors (Lipinski definition) is 4. The van der Waals surface area contributed by atoms with Crippen LogP contribution in [0.1, 0.15) is 43.4 Å². The Morgan fingerprint density at radius 1 is 1.41 bits per heavy atom. The van der Waals surface area contributed by atoms with E-state index in [4.69, 9.17) is 15.2 Å². The highest BCUT2D eigenvalue weighted by Gasteiger charge is 2.42. The standard InChI is InChI=1S/C17H24N2O3/c1-11-3-4-15-13(9-11)14(19-16(20)12(2)18)10-17(22-15)5-7-21-8-6-17/h3-4,9,12,14H,5-8,10,18H2,1-2H3,(H,19,20)/t12-,14-/m0/s1. The molecule has 0 aromatic heterocycles. The highest BCUT2D eigenvalue weighted by Crippen LogP contribution is 2.44. The number of hydrogen-bond donors (Lipinski definition) is 2. The smallest absolute Gasteiger partial charge is 0.237 e. The van der Waals surface area contributed by atoms with E-state index in [1.165, 1.54) is 0 Å². The number of carbonyl (C=O) groups is 1. The number of aryl methyl sites for hydroxylation is 1. The van der Waals surface area contributed by atoms with Crippen LogP contribution in [0.4, 0.5) is 0 Å². The van der Waals surface area contributed by atoms with Crippen molar-refractivity contribution in [3.63, 3.8) is 0 Å². The minimum absolute atomic E-state index is 0.0553. The van der Waals surface area contributed by atoms with Crippen LogP contribution in [0.15, 0.2) is 18.2 Å². The first-order valence-corrected chi connectivity index (χ1v) is 7.92. The lowest BCUT2D eigenvalue weighted by atomic mass is 9.81. The molecular formula is C17H24N2O3. The summed E-state index contributed by atoms with van der Waals surface area (Å²) >= 11 is 0. The topological polar surface area (TPSA) is 73.6 Å². The van der Waals surface area contributed by atoms with Gasteiger partial charge in [-0.25, -0.2) is 0 Å². The van der Waals surface area contributed by atoms with Crippen LogP contribution >= 0.6 is 0 Å². The first-order valence-electron chi connectivity index (χ1n) is 7.92. The maximum absolute atomic E-state index is 12.1. The second kappa shape index (κ2) is 5.89. The molecule has 1 saturated heterocycles. The van der Waals surface area contributed by atoms with Crippen LogP contribution in [0, 0.1) is 6.92 Å². The molecule has 3 rings (SSSR count). The van der Waals surface area contributed by atoms with Gasteiger partial charge in [0.2, 0.25) is 5.91 Å². The minimum Gasteiger partial charge on any atom is -0.487 e. The maximum Gasteiger partial charge on any atom is 0.237 e. The Balaban J connectivity index is 1.92. The number of carbonyl (C=O) groups excluding carboxylic acids is 1. The minimum atomic E-state index is -0.512. The summed E-state index contributed by atoms with van der Waals surface area (Å²) in [6.45, 7) is 5.16. The number of amides is 1. The fourth-order valence-electron chi connectivity index (χ4n) is 3.27. The van der Waals surface area contributed by atoms with Gasteiger partial charge < -0.3 is 20.5 Å². The maximum atomic E-state index is 12.1. The molecule has 2 heterocycles. The Labute approximate surface area is 131 Å². The van der Waals surface area contributed by atoms with Crippen molar-refractivity contribution in [3.8, 4) is 5.75 Å². The third-order valence-corrected chi connectivity index (χ3v) is 4.58. The Hall–Kier alpha value is -1.59. The van der Waals surface area contributed by atoms with Gasteiger partial charge in [0.15, 0.2) is 0 Å². The van der Waals surface area contributed by atoms with Gasteiger partial charge >= 0.3 is 0 Å². The summed E-state index contributed by atoms with van der Waals surface area (Å²) in [5, 5.41) is 3.09. The van der Waals surface area contributed by atoms with Crippen LogP contribution < -0.4 is 15.8 Å². The Bertz CT molecular complexity index is 565. The molecule has 3 N–H and O–H groups in total. The van der Waals surface area contributed by atoms with E-state index >= 15 is 0 Å². The molecule has 2 aliphatic heterocycles. The zero-order valence-corrected chi connectivity index (χ0v) is 13.2. The fourth-order valence-corrected chi connectivity index (χ4v) is 3.27. The molecule has 2 atom stereocenters. The highest BCUT2D eigenvalue weighted by atomic mass is 16.5. The van der Waals surface area contributed by atoms with Gasteiger partial charge in [-0.1, -0.05) is 17.7 Å². The van der Waals surface area contributed by atoms with E-state index in [1.54, 1.807) is 6.92 Å². The summed E-state index contributed by atoms with van der Waals surface area (Å²) in [5.41, 5.74) is 7.67. The molecule has 120 valence electrons. The first-order chi connectivity index (χ1) is 10.5. The molecule has 5 nitrogen and oxygen atoms in total. The van der Waals surface area contributed by atoms with E-state index in [0.717, 1.165) is 36.1 Å². The summed E-state index contributed by atoms with van der Waals surface area (Å²) in [7, 11) is 0. The molecule has 0 bridgehead atoms. The van der Waals surface area contributed by atoms with Gasteiger partial charge in [0.25, 0.3) is 0 Å². The van der Waals surface area contributed by atoms with E-state index < -0.39 is 6.04 Å².